The fourth-order valence-corrected chi connectivity index (χ4v) is 2.14. The highest BCUT2D eigenvalue weighted by molar-refractivity contribution is 5.62. The molecule has 1 aromatic heterocycles. The SMILES string of the molecule is Cc1ccc(C)c(-c2nc(N)cc(CC(C)C)n2)c1. The normalized spacial score (nSPS) is 11.0. The molecule has 0 radical (unpaired) electrons. The molecule has 3 heteroatoms. The smallest absolute Gasteiger partial charge is 0.162 e. The number of hydrogen-bond acceptors (Lipinski definition) is 3. The summed E-state index contributed by atoms with van der Waals surface area (Å²) in [4.78, 5) is 9.03. The number of nitrogen functional groups attached to an aromatic ring is 1. The van der Waals surface area contributed by atoms with Crippen LogP contribution in [0.1, 0.15) is 30.7 Å². The molecule has 1 aromatic carbocycles. The Kier molecular flexibility index (Phi) is 3.84. The molecule has 0 fully saturated rings. The first kappa shape index (κ1) is 13.5. The Morgan fingerprint density at radius 2 is 1.84 bits per heavy atom. The van der Waals surface area contributed by atoms with Gasteiger partial charge in [0.25, 0.3) is 0 Å². The second-order valence-electron chi connectivity index (χ2n) is 5.52. The maximum Gasteiger partial charge on any atom is 0.162 e. The first-order valence-electron chi connectivity index (χ1n) is 6.66. The Morgan fingerprint density at radius 1 is 1.11 bits per heavy atom. The van der Waals surface area contributed by atoms with Gasteiger partial charge in [-0.3, -0.25) is 0 Å². The van der Waals surface area contributed by atoms with Crippen molar-refractivity contribution in [2.45, 2.75) is 34.1 Å². The van der Waals surface area contributed by atoms with E-state index in [1.165, 1.54) is 11.1 Å². The summed E-state index contributed by atoms with van der Waals surface area (Å²) in [6, 6.07) is 8.18. The van der Waals surface area contributed by atoms with Gasteiger partial charge in [-0.05, 0) is 37.8 Å². The molecule has 100 valence electrons. The topological polar surface area (TPSA) is 51.8 Å². The predicted molar refractivity (Wildman–Crippen MR) is 79.9 cm³/mol. The summed E-state index contributed by atoms with van der Waals surface area (Å²) < 4.78 is 0. The molecule has 0 saturated carbocycles. The van der Waals surface area contributed by atoms with Crippen LogP contribution in [0.3, 0.4) is 0 Å². The molecule has 3 nitrogen and oxygen atoms in total. The van der Waals surface area contributed by atoms with Crippen LogP contribution in [0.25, 0.3) is 11.4 Å². The summed E-state index contributed by atoms with van der Waals surface area (Å²) in [5, 5.41) is 0. The van der Waals surface area contributed by atoms with Crippen LogP contribution in [-0.2, 0) is 6.42 Å². The lowest BCUT2D eigenvalue weighted by Gasteiger charge is -2.10. The third-order valence-electron chi connectivity index (χ3n) is 3.05. The monoisotopic (exact) mass is 255 g/mol. The van der Waals surface area contributed by atoms with E-state index < -0.39 is 0 Å². The number of hydrogen-bond donors (Lipinski definition) is 1. The van der Waals surface area contributed by atoms with Crippen molar-refractivity contribution in [2.24, 2.45) is 5.92 Å². The van der Waals surface area contributed by atoms with Crippen LogP contribution in [0.5, 0.6) is 0 Å². The van der Waals surface area contributed by atoms with Gasteiger partial charge in [0.2, 0.25) is 0 Å². The van der Waals surface area contributed by atoms with Gasteiger partial charge in [-0.1, -0.05) is 31.5 Å². The average molecular weight is 255 g/mol. The van der Waals surface area contributed by atoms with E-state index in [4.69, 9.17) is 5.73 Å². The van der Waals surface area contributed by atoms with Crippen molar-refractivity contribution >= 4 is 5.82 Å². The highest BCUT2D eigenvalue weighted by Crippen LogP contribution is 2.23. The van der Waals surface area contributed by atoms with E-state index in [9.17, 15) is 0 Å². The summed E-state index contributed by atoms with van der Waals surface area (Å²) in [5.74, 6) is 1.83. The number of aryl methyl sites for hydroxylation is 2. The van der Waals surface area contributed by atoms with Gasteiger partial charge >= 0.3 is 0 Å². The van der Waals surface area contributed by atoms with Crippen molar-refractivity contribution in [1.29, 1.82) is 0 Å². The predicted octanol–water partition coefficient (Wildman–Crippen LogP) is 3.54. The number of nitrogens with zero attached hydrogens (tertiary/aromatic N) is 2. The molecule has 0 bridgehead atoms. The minimum absolute atomic E-state index is 0.543. The second-order valence-corrected chi connectivity index (χ2v) is 5.52. The van der Waals surface area contributed by atoms with E-state index in [2.05, 4.69) is 55.9 Å². The number of benzene rings is 1. The van der Waals surface area contributed by atoms with Crippen molar-refractivity contribution in [3.05, 3.63) is 41.1 Å². The molecule has 0 amide bonds. The van der Waals surface area contributed by atoms with Crippen molar-refractivity contribution in [3.63, 3.8) is 0 Å². The summed E-state index contributed by atoms with van der Waals surface area (Å²) in [7, 11) is 0. The zero-order valence-electron chi connectivity index (χ0n) is 12.1. The highest BCUT2D eigenvalue weighted by atomic mass is 14.9. The zero-order valence-corrected chi connectivity index (χ0v) is 12.1. The first-order valence-corrected chi connectivity index (χ1v) is 6.66. The number of anilines is 1. The van der Waals surface area contributed by atoms with Crippen LogP contribution >= 0.6 is 0 Å². The van der Waals surface area contributed by atoms with Crippen molar-refractivity contribution in [2.75, 3.05) is 5.73 Å². The maximum absolute atomic E-state index is 5.91. The van der Waals surface area contributed by atoms with Crippen LogP contribution in [-0.4, -0.2) is 9.97 Å². The van der Waals surface area contributed by atoms with Gasteiger partial charge in [0.05, 0.1) is 0 Å². The quantitative estimate of drug-likeness (QED) is 0.912. The Balaban J connectivity index is 2.49. The second kappa shape index (κ2) is 5.39. The fraction of sp³-hybridized carbons (Fsp3) is 0.375. The van der Waals surface area contributed by atoms with E-state index >= 15 is 0 Å². The van der Waals surface area contributed by atoms with Gasteiger partial charge in [0.15, 0.2) is 5.82 Å². The van der Waals surface area contributed by atoms with Crippen LogP contribution in [0.2, 0.25) is 0 Å². The molecule has 19 heavy (non-hydrogen) atoms. The van der Waals surface area contributed by atoms with Crippen molar-refractivity contribution in [1.82, 2.24) is 9.97 Å². The van der Waals surface area contributed by atoms with Crippen LogP contribution in [0.15, 0.2) is 24.3 Å². The molecule has 2 rings (SSSR count). The molecule has 0 aliphatic carbocycles. The maximum atomic E-state index is 5.91. The molecular weight excluding hydrogens is 234 g/mol. The molecule has 0 aliphatic heterocycles. The zero-order chi connectivity index (χ0) is 14.0. The Morgan fingerprint density at radius 3 is 2.53 bits per heavy atom. The number of aromatic nitrogens is 2. The van der Waals surface area contributed by atoms with Gasteiger partial charge in [0, 0.05) is 17.3 Å². The molecule has 0 atom stereocenters. The third kappa shape index (κ3) is 3.31. The summed E-state index contributed by atoms with van der Waals surface area (Å²) in [6.07, 6.45) is 0.921. The van der Waals surface area contributed by atoms with Gasteiger partial charge in [-0.25, -0.2) is 9.97 Å². The van der Waals surface area contributed by atoms with Gasteiger partial charge in [0.1, 0.15) is 5.82 Å². The lowest BCUT2D eigenvalue weighted by atomic mass is 10.0. The molecule has 1 heterocycles. The number of rotatable bonds is 3. The molecule has 0 unspecified atom stereocenters. The molecule has 2 N–H and O–H groups in total. The number of nitrogens with two attached hydrogens (primary N) is 1. The van der Waals surface area contributed by atoms with Crippen LogP contribution in [0, 0.1) is 19.8 Å². The minimum Gasteiger partial charge on any atom is -0.384 e. The van der Waals surface area contributed by atoms with E-state index in [1.54, 1.807) is 0 Å². The largest absolute Gasteiger partial charge is 0.384 e. The van der Waals surface area contributed by atoms with E-state index in [0.717, 1.165) is 23.5 Å². The van der Waals surface area contributed by atoms with Gasteiger partial charge in [-0.2, -0.15) is 0 Å². The summed E-state index contributed by atoms with van der Waals surface area (Å²) >= 11 is 0. The van der Waals surface area contributed by atoms with Crippen molar-refractivity contribution in [3.8, 4) is 11.4 Å². The lowest BCUT2D eigenvalue weighted by molar-refractivity contribution is 0.635. The fourth-order valence-electron chi connectivity index (χ4n) is 2.14. The summed E-state index contributed by atoms with van der Waals surface area (Å²) in [6.45, 7) is 8.50. The third-order valence-corrected chi connectivity index (χ3v) is 3.05. The average Bonchev–Trinajstić information content (AvgIpc) is 2.30. The molecule has 0 aliphatic rings. The highest BCUT2D eigenvalue weighted by Gasteiger charge is 2.09. The summed E-state index contributed by atoms with van der Waals surface area (Å²) in [5.41, 5.74) is 10.4. The molecule has 0 saturated heterocycles. The molecule has 2 aromatic rings. The molecule has 0 spiro atoms. The Labute approximate surface area is 114 Å². The molecular formula is C16H21N3. The lowest BCUT2D eigenvalue weighted by Crippen LogP contribution is -2.04. The minimum atomic E-state index is 0.543. The Bertz CT molecular complexity index is 589. The standard InChI is InChI=1S/C16H21N3/c1-10(2)7-13-9-15(17)19-16(18-13)14-8-11(3)5-6-12(14)4/h5-6,8-10H,7H2,1-4H3,(H2,17,18,19). The van der Waals surface area contributed by atoms with Crippen LogP contribution in [0.4, 0.5) is 5.82 Å². The van der Waals surface area contributed by atoms with Gasteiger partial charge < -0.3 is 5.73 Å². The van der Waals surface area contributed by atoms with Crippen LogP contribution < -0.4 is 5.73 Å². The van der Waals surface area contributed by atoms with E-state index in [0.29, 0.717) is 11.7 Å². The van der Waals surface area contributed by atoms with Gasteiger partial charge in [-0.15, -0.1) is 0 Å². The van der Waals surface area contributed by atoms with E-state index in [1.807, 2.05) is 6.07 Å². The first-order chi connectivity index (χ1) is 8.95. The van der Waals surface area contributed by atoms with E-state index in [-0.39, 0.29) is 0 Å². The van der Waals surface area contributed by atoms with Crippen molar-refractivity contribution < 1.29 is 0 Å². The Hall–Kier alpha value is -1.90.